The Labute approximate surface area is 88.0 Å². The molecule has 0 amide bonds. The molecule has 0 radical (unpaired) electrons. The lowest BCUT2D eigenvalue weighted by molar-refractivity contribution is 0.482. The highest BCUT2D eigenvalue weighted by molar-refractivity contribution is 7.64. The maximum Gasteiger partial charge on any atom is 0.0906 e. The molecule has 0 atom stereocenters. The van der Waals surface area contributed by atoms with Gasteiger partial charge >= 0.3 is 0 Å². The average molecular weight is 214 g/mol. The fraction of sp³-hybridized carbons (Fsp3) is 1.00. The Morgan fingerprint density at radius 2 is 1.21 bits per heavy atom. The molecule has 1 saturated carbocycles. The normalized spacial score (nSPS) is 29.7. The minimum absolute atomic E-state index is 0.634. The smallest absolute Gasteiger partial charge is 0.0906 e. The molecule has 2 aliphatic rings. The molecular weight excluding hydrogens is 191 g/mol. The van der Waals surface area contributed by atoms with Gasteiger partial charge in [0.05, 0.1) is 7.14 Å². The van der Waals surface area contributed by atoms with Crippen LogP contribution in [-0.4, -0.2) is 18.0 Å². The molecule has 1 aliphatic heterocycles. The summed E-state index contributed by atoms with van der Waals surface area (Å²) in [6, 6.07) is 0. The topological polar surface area (TPSA) is 17.1 Å². The van der Waals surface area contributed by atoms with Crippen LogP contribution in [0.5, 0.6) is 0 Å². The van der Waals surface area contributed by atoms with Crippen molar-refractivity contribution in [3.05, 3.63) is 0 Å². The molecule has 1 nitrogen and oxygen atoms in total. The van der Waals surface area contributed by atoms with Gasteiger partial charge in [-0.25, -0.2) is 0 Å². The van der Waals surface area contributed by atoms with Crippen LogP contribution in [-0.2, 0) is 4.57 Å². The van der Waals surface area contributed by atoms with E-state index in [1.54, 1.807) is 0 Å². The van der Waals surface area contributed by atoms with Crippen LogP contribution < -0.4 is 0 Å². The first kappa shape index (κ1) is 10.7. The predicted octanol–water partition coefficient (Wildman–Crippen LogP) is 4.26. The van der Waals surface area contributed by atoms with E-state index in [1.165, 1.54) is 57.8 Å². The van der Waals surface area contributed by atoms with Gasteiger partial charge in [0.1, 0.15) is 0 Å². The van der Waals surface area contributed by atoms with E-state index in [0.29, 0.717) is 5.66 Å². The van der Waals surface area contributed by atoms with E-state index in [-0.39, 0.29) is 0 Å². The monoisotopic (exact) mass is 214 g/mol. The van der Waals surface area contributed by atoms with Gasteiger partial charge in [-0.15, -0.1) is 0 Å². The van der Waals surface area contributed by atoms with Crippen LogP contribution in [0.15, 0.2) is 0 Å². The summed E-state index contributed by atoms with van der Waals surface area (Å²) in [6.07, 6.45) is 13.9. The van der Waals surface area contributed by atoms with Gasteiger partial charge in [-0.3, -0.25) is 0 Å². The number of rotatable bonds is 1. The third kappa shape index (κ3) is 2.42. The van der Waals surface area contributed by atoms with E-state index in [2.05, 4.69) is 0 Å². The van der Waals surface area contributed by atoms with Gasteiger partial charge < -0.3 is 4.57 Å². The van der Waals surface area contributed by atoms with E-state index >= 15 is 0 Å². The summed E-state index contributed by atoms with van der Waals surface area (Å²) < 4.78 is 12.8. The van der Waals surface area contributed by atoms with Crippen molar-refractivity contribution in [3.63, 3.8) is 0 Å². The van der Waals surface area contributed by atoms with Crippen LogP contribution in [0.3, 0.4) is 0 Å². The molecule has 82 valence electrons. The van der Waals surface area contributed by atoms with E-state index in [9.17, 15) is 4.57 Å². The quantitative estimate of drug-likeness (QED) is 0.596. The zero-order chi connectivity index (χ0) is 9.86. The van der Waals surface area contributed by atoms with Crippen LogP contribution >= 0.6 is 7.14 Å². The van der Waals surface area contributed by atoms with Gasteiger partial charge in [0.25, 0.3) is 0 Å². The Kier molecular flexibility index (Phi) is 3.71. The number of hydrogen-bond acceptors (Lipinski definition) is 1. The minimum atomic E-state index is -1.73. The highest BCUT2D eigenvalue weighted by Crippen LogP contribution is 2.57. The van der Waals surface area contributed by atoms with Gasteiger partial charge in [0.15, 0.2) is 0 Å². The summed E-state index contributed by atoms with van der Waals surface area (Å²) in [6.45, 7) is 0. The summed E-state index contributed by atoms with van der Waals surface area (Å²) in [5.74, 6) is 0. The summed E-state index contributed by atoms with van der Waals surface area (Å²) in [7, 11) is -1.73. The van der Waals surface area contributed by atoms with E-state index < -0.39 is 7.14 Å². The predicted molar refractivity (Wildman–Crippen MR) is 62.7 cm³/mol. The molecule has 1 saturated heterocycles. The van der Waals surface area contributed by atoms with E-state index in [1.807, 2.05) is 0 Å². The van der Waals surface area contributed by atoms with Crippen LogP contribution in [0.25, 0.3) is 0 Å². The second kappa shape index (κ2) is 4.84. The first-order valence-electron chi connectivity index (χ1n) is 6.39. The van der Waals surface area contributed by atoms with Crippen LogP contribution in [0, 0.1) is 0 Å². The molecule has 2 heteroatoms. The molecule has 14 heavy (non-hydrogen) atoms. The van der Waals surface area contributed by atoms with E-state index in [4.69, 9.17) is 0 Å². The van der Waals surface area contributed by atoms with Gasteiger partial charge in [0, 0.05) is 18.0 Å². The molecule has 0 aromatic heterocycles. The van der Waals surface area contributed by atoms with Crippen molar-refractivity contribution in [2.24, 2.45) is 0 Å². The Hall–Kier alpha value is 0.230. The molecule has 0 aromatic rings. The van der Waals surface area contributed by atoms with Crippen LogP contribution in [0.4, 0.5) is 0 Å². The van der Waals surface area contributed by atoms with Gasteiger partial charge in [0.2, 0.25) is 0 Å². The lowest BCUT2D eigenvalue weighted by Gasteiger charge is -2.30. The fourth-order valence-electron chi connectivity index (χ4n) is 3.14. The van der Waals surface area contributed by atoms with Crippen molar-refractivity contribution in [1.29, 1.82) is 0 Å². The number of hydrogen-bond donors (Lipinski definition) is 0. The fourth-order valence-corrected chi connectivity index (χ4v) is 6.92. The molecule has 2 fully saturated rings. The first-order chi connectivity index (χ1) is 6.81. The Morgan fingerprint density at radius 3 is 1.79 bits per heavy atom. The molecule has 1 heterocycles. The molecule has 1 aliphatic carbocycles. The summed E-state index contributed by atoms with van der Waals surface area (Å²) in [5, 5.41) is 0. The maximum absolute atomic E-state index is 12.8. The lowest BCUT2D eigenvalue weighted by Crippen LogP contribution is -2.16. The third-order valence-corrected chi connectivity index (χ3v) is 8.06. The second-order valence-corrected chi connectivity index (χ2v) is 8.64. The van der Waals surface area contributed by atoms with Crippen molar-refractivity contribution in [3.8, 4) is 0 Å². The third-order valence-electron chi connectivity index (χ3n) is 4.06. The standard InChI is InChI=1S/C12H23OP/c13-14(10-6-1-2-7-11-14)12-8-4-3-5-9-12/h12H,1-11H2. The lowest BCUT2D eigenvalue weighted by atomic mass is 10.0. The van der Waals surface area contributed by atoms with Crippen molar-refractivity contribution in [2.45, 2.75) is 63.4 Å². The van der Waals surface area contributed by atoms with Crippen LogP contribution in [0.2, 0.25) is 0 Å². The molecule has 2 rings (SSSR count). The van der Waals surface area contributed by atoms with Crippen molar-refractivity contribution in [1.82, 2.24) is 0 Å². The molecular formula is C12H23OP. The van der Waals surface area contributed by atoms with Gasteiger partial charge in [-0.2, -0.15) is 0 Å². The highest BCUT2D eigenvalue weighted by atomic mass is 31.2. The Morgan fingerprint density at radius 1 is 0.714 bits per heavy atom. The maximum atomic E-state index is 12.8. The first-order valence-corrected chi connectivity index (χ1v) is 8.54. The molecule has 0 unspecified atom stereocenters. The largest absolute Gasteiger partial charge is 0.323 e. The molecule has 0 spiro atoms. The zero-order valence-corrected chi connectivity index (χ0v) is 10.1. The second-order valence-electron chi connectivity index (χ2n) is 5.11. The highest BCUT2D eigenvalue weighted by Gasteiger charge is 2.33. The Balaban J connectivity index is 2.00. The Bertz CT molecular complexity index is 206. The van der Waals surface area contributed by atoms with Crippen LogP contribution in [0.1, 0.15) is 57.8 Å². The van der Waals surface area contributed by atoms with Crippen molar-refractivity contribution in [2.75, 3.05) is 12.3 Å². The van der Waals surface area contributed by atoms with Gasteiger partial charge in [-0.05, 0) is 25.7 Å². The summed E-state index contributed by atoms with van der Waals surface area (Å²) >= 11 is 0. The summed E-state index contributed by atoms with van der Waals surface area (Å²) in [5.41, 5.74) is 0.634. The summed E-state index contributed by atoms with van der Waals surface area (Å²) in [4.78, 5) is 0. The van der Waals surface area contributed by atoms with Crippen molar-refractivity contribution >= 4 is 7.14 Å². The molecule has 0 N–H and O–H groups in total. The molecule has 0 bridgehead atoms. The molecule has 0 aromatic carbocycles. The minimum Gasteiger partial charge on any atom is -0.323 e. The zero-order valence-electron chi connectivity index (χ0n) is 9.21. The van der Waals surface area contributed by atoms with Gasteiger partial charge in [-0.1, -0.05) is 32.1 Å². The van der Waals surface area contributed by atoms with E-state index in [0.717, 1.165) is 12.3 Å². The van der Waals surface area contributed by atoms with Crippen molar-refractivity contribution < 1.29 is 4.57 Å². The average Bonchev–Trinajstić information content (AvgIpc) is 2.46. The SMILES string of the molecule is O=P1(C2CCCCC2)CCCCCC1.